The molecule has 2 aliphatic carbocycles. The number of rotatable bonds is 5. The van der Waals surface area contributed by atoms with Crippen molar-refractivity contribution in [1.82, 2.24) is 10.2 Å². The summed E-state index contributed by atoms with van der Waals surface area (Å²) in [7, 11) is 0. The Morgan fingerprint density at radius 2 is 1.71 bits per heavy atom. The SMILES string of the molecule is O=C(NC1(C(=O)N2C(C(=O)O)C[C@H]3OCC[C@H]32)CCC1)OCC1c2ccccc2-c2ccccc21. The molecule has 3 atom stereocenters. The minimum atomic E-state index is -1.12. The van der Waals surface area contributed by atoms with E-state index >= 15 is 0 Å². The summed E-state index contributed by atoms with van der Waals surface area (Å²) in [4.78, 5) is 40.0. The summed E-state index contributed by atoms with van der Waals surface area (Å²) in [5.41, 5.74) is 3.40. The number of nitrogens with one attached hydrogen (secondary N) is 1. The summed E-state index contributed by atoms with van der Waals surface area (Å²) in [6, 6.07) is 15.0. The molecule has 0 bridgehead atoms. The molecule has 2 aromatic rings. The number of hydrogen-bond acceptors (Lipinski definition) is 5. The summed E-state index contributed by atoms with van der Waals surface area (Å²) in [5, 5.41) is 12.6. The fourth-order valence-corrected chi connectivity index (χ4v) is 6.26. The standard InChI is InChI=1S/C27H28N2O6/c30-24(31)22-14-23-21(10-13-34-23)29(22)25(32)27(11-5-12-27)28-26(33)35-15-20-18-8-3-1-6-16(18)17-7-2-4-9-19(17)20/h1-4,6-9,20-23H,5,10-15H2,(H,28,33)(H,30,31)/t21-,22?,23-/m1/s1. The van der Waals surface area contributed by atoms with E-state index in [1.807, 2.05) is 24.3 Å². The predicted octanol–water partition coefficient (Wildman–Crippen LogP) is 3.29. The number of amides is 2. The maximum Gasteiger partial charge on any atom is 0.408 e. The molecule has 3 fully saturated rings. The maximum absolute atomic E-state index is 13.7. The number of carboxylic acids is 1. The Balaban J connectivity index is 1.17. The van der Waals surface area contributed by atoms with Gasteiger partial charge in [0.25, 0.3) is 0 Å². The number of benzene rings is 2. The molecule has 2 aromatic carbocycles. The third kappa shape index (κ3) is 3.50. The molecule has 8 nitrogen and oxygen atoms in total. The van der Waals surface area contributed by atoms with Gasteiger partial charge in [-0.05, 0) is 47.9 Å². The molecule has 35 heavy (non-hydrogen) atoms. The van der Waals surface area contributed by atoms with Crippen LogP contribution in [0.4, 0.5) is 4.79 Å². The van der Waals surface area contributed by atoms with Crippen molar-refractivity contribution in [2.45, 2.75) is 61.7 Å². The van der Waals surface area contributed by atoms with Gasteiger partial charge in [0.05, 0.1) is 12.1 Å². The fraction of sp³-hybridized carbons (Fsp3) is 0.444. The Morgan fingerprint density at radius 3 is 2.31 bits per heavy atom. The molecule has 2 aliphatic heterocycles. The van der Waals surface area contributed by atoms with Crippen LogP contribution in [0.5, 0.6) is 0 Å². The number of alkyl carbamates (subject to hydrolysis) is 1. The monoisotopic (exact) mass is 476 g/mol. The Kier molecular flexibility index (Phi) is 5.29. The number of ether oxygens (including phenoxy) is 2. The lowest BCUT2D eigenvalue weighted by molar-refractivity contribution is -0.154. The van der Waals surface area contributed by atoms with Crippen LogP contribution in [0.2, 0.25) is 0 Å². The van der Waals surface area contributed by atoms with Crippen LogP contribution < -0.4 is 5.32 Å². The van der Waals surface area contributed by atoms with Crippen molar-refractivity contribution in [3.63, 3.8) is 0 Å². The molecule has 1 saturated carbocycles. The molecule has 8 heteroatoms. The molecular formula is C27H28N2O6. The molecule has 4 aliphatic rings. The van der Waals surface area contributed by atoms with Crippen LogP contribution in [0.3, 0.4) is 0 Å². The zero-order chi connectivity index (χ0) is 24.2. The molecule has 6 rings (SSSR count). The van der Waals surface area contributed by atoms with Crippen molar-refractivity contribution in [3.05, 3.63) is 59.7 Å². The van der Waals surface area contributed by atoms with Gasteiger partial charge in [-0.15, -0.1) is 0 Å². The van der Waals surface area contributed by atoms with E-state index in [0.717, 1.165) is 28.7 Å². The average molecular weight is 477 g/mol. The lowest BCUT2D eigenvalue weighted by Crippen LogP contribution is -2.66. The highest BCUT2D eigenvalue weighted by Crippen LogP contribution is 2.45. The quantitative estimate of drug-likeness (QED) is 0.686. The van der Waals surface area contributed by atoms with Gasteiger partial charge in [0, 0.05) is 18.9 Å². The second kappa shape index (κ2) is 8.37. The van der Waals surface area contributed by atoms with Crippen LogP contribution in [0.25, 0.3) is 11.1 Å². The summed E-state index contributed by atoms with van der Waals surface area (Å²) >= 11 is 0. The Bertz CT molecular complexity index is 1150. The van der Waals surface area contributed by atoms with Crippen molar-refractivity contribution >= 4 is 18.0 Å². The summed E-state index contributed by atoms with van der Waals surface area (Å²) < 4.78 is 11.3. The second-order valence-corrected chi connectivity index (χ2v) is 9.95. The normalized spacial score (nSPS) is 25.8. The predicted molar refractivity (Wildman–Crippen MR) is 126 cm³/mol. The number of carbonyl (C=O) groups excluding carboxylic acids is 2. The number of carboxylic acid groups (broad SMARTS) is 1. The molecule has 1 unspecified atom stereocenters. The smallest absolute Gasteiger partial charge is 0.408 e. The van der Waals surface area contributed by atoms with Crippen molar-refractivity contribution in [2.24, 2.45) is 0 Å². The first-order chi connectivity index (χ1) is 17.0. The van der Waals surface area contributed by atoms with Gasteiger partial charge in [-0.3, -0.25) is 4.79 Å². The van der Waals surface area contributed by atoms with E-state index in [1.54, 1.807) is 0 Å². The molecule has 0 radical (unpaired) electrons. The third-order valence-corrected chi connectivity index (χ3v) is 8.14. The highest BCUT2D eigenvalue weighted by molar-refractivity contribution is 5.94. The fourth-order valence-electron chi connectivity index (χ4n) is 6.26. The van der Waals surface area contributed by atoms with E-state index in [-0.39, 0.29) is 37.0 Å². The third-order valence-electron chi connectivity index (χ3n) is 8.14. The molecule has 2 heterocycles. The first kappa shape index (κ1) is 22.1. The van der Waals surface area contributed by atoms with Crippen molar-refractivity contribution in [1.29, 1.82) is 0 Å². The van der Waals surface area contributed by atoms with E-state index < -0.39 is 23.6 Å². The Morgan fingerprint density at radius 1 is 1.06 bits per heavy atom. The van der Waals surface area contributed by atoms with Gasteiger partial charge in [-0.2, -0.15) is 0 Å². The van der Waals surface area contributed by atoms with E-state index in [2.05, 4.69) is 29.6 Å². The van der Waals surface area contributed by atoms with Crippen molar-refractivity contribution in [3.8, 4) is 11.1 Å². The number of fused-ring (bicyclic) bond motifs is 4. The molecule has 2 N–H and O–H groups in total. The van der Waals surface area contributed by atoms with Crippen LogP contribution in [0.15, 0.2) is 48.5 Å². The number of nitrogens with zero attached hydrogens (tertiary/aromatic N) is 1. The van der Waals surface area contributed by atoms with Gasteiger partial charge in [0.15, 0.2) is 0 Å². The van der Waals surface area contributed by atoms with Gasteiger partial charge < -0.3 is 24.8 Å². The highest BCUT2D eigenvalue weighted by Gasteiger charge is 2.57. The van der Waals surface area contributed by atoms with Gasteiger partial charge >= 0.3 is 12.1 Å². The zero-order valence-electron chi connectivity index (χ0n) is 19.3. The summed E-state index contributed by atoms with van der Waals surface area (Å²) in [6.45, 7) is 0.669. The number of likely N-dealkylation sites (tertiary alicyclic amines) is 1. The summed E-state index contributed by atoms with van der Waals surface area (Å²) in [5.74, 6) is -1.44. The van der Waals surface area contributed by atoms with Gasteiger partial charge in [0.2, 0.25) is 5.91 Å². The lowest BCUT2D eigenvalue weighted by atomic mass is 9.75. The van der Waals surface area contributed by atoms with E-state index in [9.17, 15) is 19.5 Å². The minimum Gasteiger partial charge on any atom is -0.480 e. The number of aliphatic carboxylic acids is 1. The molecule has 0 aromatic heterocycles. The molecular weight excluding hydrogens is 448 g/mol. The zero-order valence-corrected chi connectivity index (χ0v) is 19.3. The van der Waals surface area contributed by atoms with Gasteiger partial charge in [-0.1, -0.05) is 48.5 Å². The van der Waals surface area contributed by atoms with Gasteiger partial charge in [0.1, 0.15) is 18.2 Å². The van der Waals surface area contributed by atoms with Crippen LogP contribution >= 0.6 is 0 Å². The topological polar surface area (TPSA) is 105 Å². The number of carbonyl (C=O) groups is 3. The van der Waals surface area contributed by atoms with E-state index in [1.165, 1.54) is 4.90 Å². The minimum absolute atomic E-state index is 0.0763. The first-order valence-corrected chi connectivity index (χ1v) is 12.3. The average Bonchev–Trinajstić information content (AvgIpc) is 3.51. The van der Waals surface area contributed by atoms with Crippen molar-refractivity contribution < 1.29 is 29.0 Å². The first-order valence-electron chi connectivity index (χ1n) is 12.3. The molecule has 2 amide bonds. The van der Waals surface area contributed by atoms with E-state index in [0.29, 0.717) is 25.9 Å². The van der Waals surface area contributed by atoms with E-state index in [4.69, 9.17) is 9.47 Å². The molecule has 2 saturated heterocycles. The largest absolute Gasteiger partial charge is 0.480 e. The van der Waals surface area contributed by atoms with Crippen molar-refractivity contribution in [2.75, 3.05) is 13.2 Å². The highest BCUT2D eigenvalue weighted by atomic mass is 16.5. The van der Waals surface area contributed by atoms with Crippen LogP contribution in [0.1, 0.15) is 49.1 Å². The molecule has 182 valence electrons. The Hall–Kier alpha value is -3.39. The van der Waals surface area contributed by atoms with Crippen LogP contribution in [0, 0.1) is 0 Å². The van der Waals surface area contributed by atoms with Crippen LogP contribution in [-0.4, -0.2) is 64.9 Å². The molecule has 0 spiro atoms. The summed E-state index contributed by atoms with van der Waals surface area (Å²) in [6.07, 6.45) is 1.71. The second-order valence-electron chi connectivity index (χ2n) is 9.95. The van der Waals surface area contributed by atoms with Crippen LogP contribution in [-0.2, 0) is 19.1 Å². The Labute approximate surface area is 203 Å². The number of hydrogen-bond donors (Lipinski definition) is 2. The lowest BCUT2D eigenvalue weighted by Gasteiger charge is -2.44. The van der Waals surface area contributed by atoms with Gasteiger partial charge in [-0.25, -0.2) is 9.59 Å². The maximum atomic E-state index is 13.7.